The van der Waals surface area contributed by atoms with Crippen LogP contribution in [0.5, 0.6) is 0 Å². The third-order valence-corrected chi connectivity index (χ3v) is 4.78. The number of H-pyrrole nitrogens is 1. The number of non-ortho nitro benzene ring substituents is 1. The van der Waals surface area contributed by atoms with Gasteiger partial charge in [0, 0.05) is 18.2 Å². The third-order valence-electron chi connectivity index (χ3n) is 4.78. The number of nitro benzene ring substituents is 2. The highest BCUT2D eigenvalue weighted by atomic mass is 16.6. The smallest absolute Gasteiger partial charge is 0.299 e. The molecule has 1 atom stereocenters. The maximum Gasteiger partial charge on any atom is 0.299 e. The number of hydrogen-bond acceptors (Lipinski definition) is 7. The first kappa shape index (κ1) is 17.6. The number of nitrogens with one attached hydrogen (secondary N) is 1. The summed E-state index contributed by atoms with van der Waals surface area (Å²) in [4.78, 5) is 27.7. The largest absolute Gasteiger partial charge is 0.356 e. The first-order chi connectivity index (χ1) is 13.5. The lowest BCUT2D eigenvalue weighted by molar-refractivity contribution is -0.393. The minimum Gasteiger partial charge on any atom is -0.356 e. The van der Waals surface area contributed by atoms with E-state index in [0.717, 1.165) is 24.5 Å². The van der Waals surface area contributed by atoms with Gasteiger partial charge in [-0.2, -0.15) is 5.10 Å². The van der Waals surface area contributed by atoms with E-state index < -0.39 is 9.85 Å². The molecule has 1 aliphatic rings. The molecule has 28 heavy (non-hydrogen) atoms. The van der Waals surface area contributed by atoms with Crippen LogP contribution >= 0.6 is 0 Å². The number of rotatable bonds is 5. The Balaban J connectivity index is 1.69. The summed E-state index contributed by atoms with van der Waals surface area (Å²) in [5.74, 6) is 1.17. The van der Waals surface area contributed by atoms with E-state index in [1.165, 1.54) is 12.1 Å². The van der Waals surface area contributed by atoms with Crippen molar-refractivity contribution in [1.82, 2.24) is 15.2 Å². The second-order valence-electron chi connectivity index (χ2n) is 6.45. The predicted octanol–water partition coefficient (Wildman–Crippen LogP) is 3.63. The highest BCUT2D eigenvalue weighted by Gasteiger charge is 2.34. The van der Waals surface area contributed by atoms with E-state index >= 15 is 0 Å². The lowest BCUT2D eigenvalue weighted by Gasteiger charge is -2.24. The summed E-state index contributed by atoms with van der Waals surface area (Å²) < 4.78 is 0. The van der Waals surface area contributed by atoms with E-state index in [1.807, 2.05) is 35.2 Å². The summed E-state index contributed by atoms with van der Waals surface area (Å²) in [6, 6.07) is 13.0. The maximum atomic E-state index is 11.5. The average Bonchev–Trinajstić information content (AvgIpc) is 3.37. The molecule has 1 saturated heterocycles. The van der Waals surface area contributed by atoms with Gasteiger partial charge in [0.1, 0.15) is 11.5 Å². The van der Waals surface area contributed by atoms with Crippen LogP contribution in [0.3, 0.4) is 0 Å². The SMILES string of the molecule is O=[N+]([O-])c1ccc(N2CCC[C@@H]2c2nc(-c3ccccc3)n[nH]2)c([N+](=O)[O-])c1. The van der Waals surface area contributed by atoms with Crippen LogP contribution in [0.1, 0.15) is 24.7 Å². The molecule has 142 valence electrons. The van der Waals surface area contributed by atoms with E-state index in [0.29, 0.717) is 23.9 Å². The van der Waals surface area contributed by atoms with Crippen molar-refractivity contribution in [3.8, 4) is 11.4 Å². The molecule has 0 amide bonds. The fourth-order valence-electron chi connectivity index (χ4n) is 3.49. The van der Waals surface area contributed by atoms with Gasteiger partial charge in [-0.05, 0) is 18.9 Å². The molecule has 4 rings (SSSR count). The van der Waals surface area contributed by atoms with Gasteiger partial charge in [-0.3, -0.25) is 25.3 Å². The molecule has 1 fully saturated rings. The Hall–Kier alpha value is -3.82. The number of nitro groups is 2. The van der Waals surface area contributed by atoms with Crippen molar-refractivity contribution in [2.45, 2.75) is 18.9 Å². The quantitative estimate of drug-likeness (QED) is 0.528. The molecule has 1 aliphatic heterocycles. The topological polar surface area (TPSA) is 131 Å². The lowest BCUT2D eigenvalue weighted by atomic mass is 10.1. The second-order valence-corrected chi connectivity index (χ2v) is 6.45. The Morgan fingerprint density at radius 3 is 2.57 bits per heavy atom. The molecule has 2 aromatic carbocycles. The minimum atomic E-state index is -0.638. The number of benzene rings is 2. The number of hydrogen-bond donors (Lipinski definition) is 1. The first-order valence-corrected chi connectivity index (χ1v) is 8.72. The standard InChI is InChI=1S/C18H16N6O4/c25-23(26)13-8-9-14(16(11-13)24(27)28)22-10-4-7-15(22)18-19-17(20-21-18)12-5-2-1-3-6-12/h1-3,5-6,8-9,11,15H,4,7,10H2,(H,19,20,21)/t15-/m1/s1. The highest BCUT2D eigenvalue weighted by molar-refractivity contribution is 5.68. The van der Waals surface area contributed by atoms with Gasteiger partial charge in [-0.25, -0.2) is 4.98 Å². The number of aromatic amines is 1. The molecule has 3 aromatic rings. The van der Waals surface area contributed by atoms with Crippen molar-refractivity contribution in [3.63, 3.8) is 0 Å². The van der Waals surface area contributed by atoms with Crippen LogP contribution < -0.4 is 4.90 Å². The summed E-state index contributed by atoms with van der Waals surface area (Å²) in [7, 11) is 0. The summed E-state index contributed by atoms with van der Waals surface area (Å²) in [6.07, 6.45) is 1.57. The third kappa shape index (κ3) is 3.15. The number of anilines is 1. The fraction of sp³-hybridized carbons (Fsp3) is 0.222. The van der Waals surface area contributed by atoms with Crippen molar-refractivity contribution in [1.29, 1.82) is 0 Å². The van der Waals surface area contributed by atoms with E-state index in [-0.39, 0.29) is 17.4 Å². The first-order valence-electron chi connectivity index (χ1n) is 8.72. The van der Waals surface area contributed by atoms with Crippen LogP contribution in [0.4, 0.5) is 17.1 Å². The van der Waals surface area contributed by atoms with Gasteiger partial charge in [-0.15, -0.1) is 0 Å². The van der Waals surface area contributed by atoms with E-state index in [1.54, 1.807) is 0 Å². The van der Waals surface area contributed by atoms with Crippen LogP contribution in [0, 0.1) is 20.2 Å². The zero-order valence-electron chi connectivity index (χ0n) is 14.7. The fourth-order valence-corrected chi connectivity index (χ4v) is 3.49. The van der Waals surface area contributed by atoms with Gasteiger partial charge in [0.15, 0.2) is 5.82 Å². The minimum absolute atomic E-state index is 0.217. The normalized spacial score (nSPS) is 16.3. The Bertz CT molecular complexity index is 1040. The van der Waals surface area contributed by atoms with Gasteiger partial charge in [0.2, 0.25) is 0 Å². The lowest BCUT2D eigenvalue weighted by Crippen LogP contribution is -2.24. The summed E-state index contributed by atoms with van der Waals surface area (Å²) in [5, 5.41) is 29.7. The Kier molecular flexibility index (Phi) is 4.44. The van der Waals surface area contributed by atoms with Gasteiger partial charge >= 0.3 is 0 Å². The van der Waals surface area contributed by atoms with Gasteiger partial charge in [0.25, 0.3) is 11.4 Å². The molecule has 2 heterocycles. The van der Waals surface area contributed by atoms with Crippen molar-refractivity contribution in [2.75, 3.05) is 11.4 Å². The van der Waals surface area contributed by atoms with Crippen molar-refractivity contribution < 1.29 is 9.85 Å². The number of nitrogens with zero attached hydrogens (tertiary/aromatic N) is 5. The molecular weight excluding hydrogens is 364 g/mol. The number of aromatic nitrogens is 3. The Morgan fingerprint density at radius 2 is 1.86 bits per heavy atom. The van der Waals surface area contributed by atoms with Gasteiger partial charge in [-0.1, -0.05) is 30.3 Å². The van der Waals surface area contributed by atoms with Crippen LogP contribution in [0.25, 0.3) is 11.4 Å². The van der Waals surface area contributed by atoms with Gasteiger partial charge in [0.05, 0.1) is 22.0 Å². The Morgan fingerprint density at radius 1 is 1.07 bits per heavy atom. The van der Waals surface area contributed by atoms with Crippen LogP contribution in [0.2, 0.25) is 0 Å². The zero-order chi connectivity index (χ0) is 19.7. The molecule has 1 N–H and O–H groups in total. The van der Waals surface area contributed by atoms with Crippen molar-refractivity contribution in [2.24, 2.45) is 0 Å². The van der Waals surface area contributed by atoms with Crippen molar-refractivity contribution in [3.05, 3.63) is 74.6 Å². The second kappa shape index (κ2) is 7.06. The molecular formula is C18H16N6O4. The average molecular weight is 380 g/mol. The van der Waals surface area contributed by atoms with Gasteiger partial charge < -0.3 is 4.90 Å². The molecule has 0 bridgehead atoms. The van der Waals surface area contributed by atoms with E-state index in [4.69, 9.17) is 0 Å². The molecule has 0 unspecified atom stereocenters. The molecule has 10 nitrogen and oxygen atoms in total. The molecule has 0 radical (unpaired) electrons. The zero-order valence-corrected chi connectivity index (χ0v) is 14.7. The summed E-state index contributed by atoms with van der Waals surface area (Å²) in [5.41, 5.74) is 0.618. The van der Waals surface area contributed by atoms with E-state index in [2.05, 4.69) is 15.2 Å². The van der Waals surface area contributed by atoms with Crippen LogP contribution in [-0.4, -0.2) is 31.6 Å². The van der Waals surface area contributed by atoms with Crippen LogP contribution in [0.15, 0.2) is 48.5 Å². The molecule has 0 aliphatic carbocycles. The predicted molar refractivity (Wildman–Crippen MR) is 101 cm³/mol. The molecule has 0 spiro atoms. The molecule has 0 saturated carbocycles. The highest BCUT2D eigenvalue weighted by Crippen LogP contribution is 2.41. The monoisotopic (exact) mass is 380 g/mol. The van der Waals surface area contributed by atoms with Crippen molar-refractivity contribution >= 4 is 17.1 Å². The van der Waals surface area contributed by atoms with E-state index in [9.17, 15) is 20.2 Å². The van der Waals surface area contributed by atoms with Crippen LogP contribution in [-0.2, 0) is 0 Å². The molecule has 1 aromatic heterocycles. The summed E-state index contributed by atoms with van der Waals surface area (Å²) >= 11 is 0. The summed E-state index contributed by atoms with van der Waals surface area (Å²) in [6.45, 7) is 0.588. The maximum absolute atomic E-state index is 11.5. The molecule has 10 heteroatoms. The Labute approximate surface area is 159 Å².